The molecule has 0 aromatic heterocycles. The van der Waals surface area contributed by atoms with E-state index < -0.39 is 37.6 Å². The van der Waals surface area contributed by atoms with Gasteiger partial charge in [-0.1, -0.05) is 12.1 Å². The van der Waals surface area contributed by atoms with E-state index in [4.69, 9.17) is 9.47 Å². The number of piperidine rings is 1. The summed E-state index contributed by atoms with van der Waals surface area (Å²) in [6, 6.07) is 10.1. The molecule has 3 N–H and O–H groups in total. The Morgan fingerprint density at radius 3 is 2.63 bits per heavy atom. The van der Waals surface area contributed by atoms with E-state index in [9.17, 15) is 26.3 Å². The maximum atomic E-state index is 14.3. The Hall–Kier alpha value is -2.13. The van der Waals surface area contributed by atoms with E-state index in [1.807, 2.05) is 0 Å². The van der Waals surface area contributed by atoms with Crippen molar-refractivity contribution in [1.82, 2.24) is 14.3 Å². The van der Waals surface area contributed by atoms with Crippen molar-refractivity contribution < 1.29 is 35.8 Å². The van der Waals surface area contributed by atoms with Crippen LogP contribution in [0.25, 0.3) is 0 Å². The first-order valence-corrected chi connectivity index (χ1v) is 15.3. The summed E-state index contributed by atoms with van der Waals surface area (Å²) in [4.78, 5) is -0.228. The second kappa shape index (κ2) is 11.5. The van der Waals surface area contributed by atoms with Crippen LogP contribution in [0.4, 0.5) is 4.39 Å². The zero-order chi connectivity index (χ0) is 27.6. The molecule has 2 aromatic rings. The smallest absolute Gasteiger partial charge is 0.245 e. The highest BCUT2D eigenvalue weighted by molar-refractivity contribution is 7.89. The van der Waals surface area contributed by atoms with Gasteiger partial charge in [-0.15, -0.1) is 0 Å². The van der Waals surface area contributed by atoms with Gasteiger partial charge < -0.3 is 19.9 Å². The van der Waals surface area contributed by atoms with Crippen LogP contribution in [0.5, 0.6) is 5.75 Å². The second-order valence-corrected chi connectivity index (χ2v) is 13.6. The van der Waals surface area contributed by atoms with Gasteiger partial charge in [-0.25, -0.2) is 25.9 Å². The van der Waals surface area contributed by atoms with Crippen molar-refractivity contribution in [1.29, 1.82) is 0 Å². The quantitative estimate of drug-likeness (QED) is 0.390. The highest BCUT2D eigenvalue weighted by Crippen LogP contribution is 2.37. The lowest BCUT2D eigenvalue weighted by atomic mass is 9.88. The van der Waals surface area contributed by atoms with Crippen LogP contribution >= 0.6 is 0 Å². The Morgan fingerprint density at radius 2 is 1.92 bits per heavy atom. The average molecular weight is 572 g/mol. The Labute approximate surface area is 223 Å². The number of nitrogens with zero attached hydrogens (tertiary/aromatic N) is 1. The molecule has 0 saturated carbocycles. The molecule has 1 spiro atoms. The number of hydrogen-bond acceptors (Lipinski definition) is 8. The van der Waals surface area contributed by atoms with Crippen molar-refractivity contribution in [2.24, 2.45) is 0 Å². The highest BCUT2D eigenvalue weighted by atomic mass is 32.2. The van der Waals surface area contributed by atoms with Gasteiger partial charge in [0.15, 0.2) is 0 Å². The molecule has 13 heteroatoms. The van der Waals surface area contributed by atoms with Crippen LogP contribution in [0.3, 0.4) is 0 Å². The molecule has 2 atom stereocenters. The summed E-state index contributed by atoms with van der Waals surface area (Å²) in [6.07, 6.45) is 0.814. The standard InChI is InChI=1S/C25H34FN3O7S2/c1-18-6-7-23(26)24(12-18)38(33,34)29-10-8-25(9-11-29)14-19(16-36-25)28-15-20(30)17-35-21-4-3-5-22(13-21)37(31,32)27-2/h3-7,12-13,19-20,27-28,30H,8-11,14-17H2,1-2H3. The minimum Gasteiger partial charge on any atom is -0.491 e. The fourth-order valence-electron chi connectivity index (χ4n) is 4.81. The number of ether oxygens (including phenoxy) is 2. The van der Waals surface area contributed by atoms with Crippen LogP contribution < -0.4 is 14.8 Å². The Morgan fingerprint density at radius 1 is 1.18 bits per heavy atom. The van der Waals surface area contributed by atoms with Crippen LogP contribution in [0.15, 0.2) is 52.3 Å². The van der Waals surface area contributed by atoms with Crippen LogP contribution in [-0.2, 0) is 24.8 Å². The van der Waals surface area contributed by atoms with Gasteiger partial charge in [-0.05, 0) is 63.1 Å². The van der Waals surface area contributed by atoms with E-state index in [1.165, 1.54) is 41.7 Å². The number of aliphatic hydroxyl groups excluding tert-OH is 1. The third kappa shape index (κ3) is 6.53. The number of halogens is 1. The molecule has 38 heavy (non-hydrogen) atoms. The Balaban J connectivity index is 1.24. The molecule has 210 valence electrons. The molecule has 2 saturated heterocycles. The maximum Gasteiger partial charge on any atom is 0.245 e. The van der Waals surface area contributed by atoms with Crippen LogP contribution in [0, 0.1) is 12.7 Å². The number of rotatable bonds is 10. The zero-order valence-electron chi connectivity index (χ0n) is 21.4. The molecular formula is C25H34FN3O7S2. The lowest BCUT2D eigenvalue weighted by Gasteiger charge is -2.38. The first-order valence-electron chi connectivity index (χ1n) is 12.4. The largest absolute Gasteiger partial charge is 0.491 e. The van der Waals surface area contributed by atoms with E-state index in [0.29, 0.717) is 37.2 Å². The molecule has 2 unspecified atom stereocenters. The SMILES string of the molecule is CNS(=O)(=O)c1cccc(OCC(O)CNC2COC3(CCN(S(=O)(=O)c4cc(C)ccc4F)CC3)C2)c1. The molecule has 4 rings (SSSR count). The molecule has 0 amide bonds. The van der Waals surface area contributed by atoms with E-state index >= 15 is 0 Å². The molecule has 2 aliphatic rings. The van der Waals surface area contributed by atoms with Crippen LogP contribution in [0.1, 0.15) is 24.8 Å². The fraction of sp³-hybridized carbons (Fsp3) is 0.520. The van der Waals surface area contributed by atoms with E-state index in [0.717, 1.165) is 0 Å². The van der Waals surface area contributed by atoms with Gasteiger partial charge in [0, 0.05) is 31.7 Å². The molecule has 0 radical (unpaired) electrons. The zero-order valence-corrected chi connectivity index (χ0v) is 23.0. The fourth-order valence-corrected chi connectivity index (χ4v) is 7.16. The first kappa shape index (κ1) is 28.9. The summed E-state index contributed by atoms with van der Waals surface area (Å²) in [5.74, 6) is -0.425. The van der Waals surface area contributed by atoms with Crippen molar-refractivity contribution in [3.63, 3.8) is 0 Å². The lowest BCUT2D eigenvalue weighted by Crippen LogP contribution is -2.47. The van der Waals surface area contributed by atoms with Gasteiger partial charge in [-0.3, -0.25) is 0 Å². The molecule has 2 fully saturated rings. The van der Waals surface area contributed by atoms with Gasteiger partial charge in [0.1, 0.15) is 29.2 Å². The molecular weight excluding hydrogens is 537 g/mol. The predicted octanol–water partition coefficient (Wildman–Crippen LogP) is 1.38. The van der Waals surface area contributed by atoms with Gasteiger partial charge in [0.25, 0.3) is 0 Å². The molecule has 0 aliphatic carbocycles. The molecule has 0 bridgehead atoms. The number of nitrogens with one attached hydrogen (secondary N) is 2. The minimum atomic E-state index is -3.93. The number of benzene rings is 2. The summed E-state index contributed by atoms with van der Waals surface area (Å²) in [5.41, 5.74) is 0.213. The molecule has 2 aromatic carbocycles. The topological polar surface area (TPSA) is 134 Å². The predicted molar refractivity (Wildman–Crippen MR) is 138 cm³/mol. The van der Waals surface area contributed by atoms with Crippen LogP contribution in [-0.4, -0.2) is 83.9 Å². The third-order valence-electron chi connectivity index (χ3n) is 7.02. The maximum absolute atomic E-state index is 14.3. The van der Waals surface area contributed by atoms with Crippen LogP contribution in [0.2, 0.25) is 0 Å². The Kier molecular flexibility index (Phi) is 8.77. The van der Waals surface area contributed by atoms with Crippen molar-refractivity contribution in [2.75, 3.05) is 39.9 Å². The Bertz CT molecular complexity index is 1350. The number of aryl methyl sites for hydroxylation is 1. The van der Waals surface area contributed by atoms with Crippen molar-refractivity contribution in [2.45, 2.75) is 53.7 Å². The van der Waals surface area contributed by atoms with E-state index in [1.54, 1.807) is 19.1 Å². The molecule has 2 aliphatic heterocycles. The van der Waals surface area contributed by atoms with Crippen molar-refractivity contribution in [3.05, 3.63) is 53.8 Å². The van der Waals surface area contributed by atoms with Gasteiger partial charge in [0.2, 0.25) is 20.0 Å². The minimum absolute atomic E-state index is 0.0221. The second-order valence-electron chi connectivity index (χ2n) is 9.79. The average Bonchev–Trinajstić information content (AvgIpc) is 3.30. The van der Waals surface area contributed by atoms with E-state index in [-0.39, 0.29) is 42.1 Å². The summed E-state index contributed by atoms with van der Waals surface area (Å²) >= 11 is 0. The van der Waals surface area contributed by atoms with Gasteiger partial charge in [-0.2, -0.15) is 4.31 Å². The number of sulfonamides is 2. The van der Waals surface area contributed by atoms with Crippen molar-refractivity contribution in [3.8, 4) is 5.75 Å². The summed E-state index contributed by atoms with van der Waals surface area (Å²) in [5, 5.41) is 13.6. The monoisotopic (exact) mass is 571 g/mol. The summed E-state index contributed by atoms with van der Waals surface area (Å²) in [7, 11) is -6.20. The number of hydrogen-bond donors (Lipinski definition) is 3. The summed E-state index contributed by atoms with van der Waals surface area (Å²) in [6.45, 7) is 2.84. The summed E-state index contributed by atoms with van der Waals surface area (Å²) < 4.78 is 79.4. The van der Waals surface area contributed by atoms with E-state index in [2.05, 4.69) is 10.0 Å². The van der Waals surface area contributed by atoms with Gasteiger partial charge >= 0.3 is 0 Å². The van der Waals surface area contributed by atoms with Crippen molar-refractivity contribution >= 4 is 20.0 Å². The lowest BCUT2D eigenvalue weighted by molar-refractivity contribution is -0.0312. The molecule has 2 heterocycles. The first-order chi connectivity index (χ1) is 17.9. The highest BCUT2D eigenvalue weighted by Gasteiger charge is 2.45. The third-order valence-corrected chi connectivity index (χ3v) is 10.3. The van der Waals surface area contributed by atoms with Gasteiger partial charge in [0.05, 0.1) is 17.1 Å². The normalized spacial score (nSPS) is 21.0. The molecule has 10 nitrogen and oxygen atoms in total. The number of aliphatic hydroxyl groups is 1.